The summed E-state index contributed by atoms with van der Waals surface area (Å²) < 4.78 is 69.7. The molecule has 2 aromatic carbocycles. The first kappa shape index (κ1) is 26.9. The van der Waals surface area contributed by atoms with Crippen molar-refractivity contribution in [2.75, 3.05) is 5.32 Å². The smallest absolute Gasteiger partial charge is 0.381 e. The Morgan fingerprint density at radius 1 is 1.05 bits per heavy atom. The van der Waals surface area contributed by atoms with Crippen LogP contribution in [0.5, 0.6) is 0 Å². The molecule has 0 bridgehead atoms. The van der Waals surface area contributed by atoms with E-state index in [-0.39, 0.29) is 23.3 Å². The number of nitrogens with one attached hydrogen (secondary N) is 2. The van der Waals surface area contributed by atoms with Crippen LogP contribution in [0.4, 0.5) is 27.6 Å². The van der Waals surface area contributed by atoms with Gasteiger partial charge in [-0.2, -0.15) is 18.3 Å². The van der Waals surface area contributed by atoms with E-state index in [4.69, 9.17) is 0 Å². The Hall–Kier alpha value is -4.68. The number of pyridine rings is 1. The van der Waals surface area contributed by atoms with Crippen molar-refractivity contribution < 1.29 is 22.0 Å². The van der Waals surface area contributed by atoms with E-state index in [1.165, 1.54) is 35.0 Å². The van der Waals surface area contributed by atoms with Gasteiger partial charge in [-0.3, -0.25) is 9.59 Å². The third-order valence-electron chi connectivity index (χ3n) is 6.42. The number of hydrogen-bond donors (Lipinski definition) is 2. The molecular weight excluding hydrogens is 535 g/mol. The van der Waals surface area contributed by atoms with Crippen LogP contribution in [0, 0.1) is 11.6 Å². The van der Waals surface area contributed by atoms with Crippen molar-refractivity contribution in [1.82, 2.24) is 24.7 Å². The molecule has 1 unspecified atom stereocenters. The second-order valence-electron chi connectivity index (χ2n) is 9.30. The molecule has 2 N–H and O–H groups in total. The number of hydrogen-bond acceptors (Lipinski definition) is 6. The number of aryl methyl sites for hydroxylation is 1. The highest BCUT2D eigenvalue weighted by molar-refractivity contribution is 5.87. The molecule has 0 aliphatic carbocycles. The number of anilines is 1. The Kier molecular flexibility index (Phi) is 7.04. The van der Waals surface area contributed by atoms with Gasteiger partial charge >= 0.3 is 6.18 Å². The molecule has 3 aromatic heterocycles. The van der Waals surface area contributed by atoms with E-state index in [1.54, 1.807) is 24.3 Å². The molecule has 13 heteroatoms. The quantitative estimate of drug-likeness (QED) is 0.265. The zero-order valence-corrected chi connectivity index (χ0v) is 20.9. The Morgan fingerprint density at radius 3 is 2.62 bits per heavy atom. The molecule has 0 fully saturated rings. The number of alkyl halides is 3. The van der Waals surface area contributed by atoms with Crippen LogP contribution in [0.15, 0.2) is 64.6 Å². The van der Waals surface area contributed by atoms with E-state index < -0.39 is 46.2 Å². The maximum absolute atomic E-state index is 15.1. The molecule has 8 nitrogen and oxygen atoms in total. The van der Waals surface area contributed by atoms with Gasteiger partial charge in [-0.1, -0.05) is 0 Å². The molecule has 0 radical (unpaired) electrons. The summed E-state index contributed by atoms with van der Waals surface area (Å²) in [7, 11) is 0. The summed E-state index contributed by atoms with van der Waals surface area (Å²) in [6.07, 6.45) is -0.230. The van der Waals surface area contributed by atoms with Crippen LogP contribution < -0.4 is 16.4 Å². The predicted octanol–water partition coefficient (Wildman–Crippen LogP) is 5.27. The molecule has 3 heterocycles. The SMILES string of the molecule is CC(CCCn1ccc2cc(-c3ncc4cc(F)ccc4n3)c(F)cc2c1=O)Nc1cn[nH]c(=O)c1C(F)(F)F. The van der Waals surface area contributed by atoms with Gasteiger partial charge in [-0.05, 0) is 61.5 Å². The Labute approximate surface area is 222 Å². The van der Waals surface area contributed by atoms with Gasteiger partial charge in [-0.15, -0.1) is 0 Å². The molecule has 0 saturated carbocycles. The normalized spacial score (nSPS) is 12.7. The van der Waals surface area contributed by atoms with Crippen molar-refractivity contribution in [3.8, 4) is 11.4 Å². The average molecular weight is 556 g/mol. The van der Waals surface area contributed by atoms with E-state index >= 15 is 4.39 Å². The second-order valence-corrected chi connectivity index (χ2v) is 9.30. The van der Waals surface area contributed by atoms with Crippen molar-refractivity contribution in [3.05, 3.63) is 92.9 Å². The fourth-order valence-electron chi connectivity index (χ4n) is 4.48. The Morgan fingerprint density at radius 2 is 1.85 bits per heavy atom. The lowest BCUT2D eigenvalue weighted by molar-refractivity contribution is -0.138. The molecule has 0 aliphatic heterocycles. The largest absolute Gasteiger partial charge is 0.423 e. The van der Waals surface area contributed by atoms with Gasteiger partial charge in [0.25, 0.3) is 11.1 Å². The summed E-state index contributed by atoms with van der Waals surface area (Å²) in [6.45, 7) is 1.88. The molecular formula is C27H21F5N6O2. The highest BCUT2D eigenvalue weighted by atomic mass is 19.4. The summed E-state index contributed by atoms with van der Waals surface area (Å²) in [5.74, 6) is -1.05. The molecule has 5 aromatic rings. The van der Waals surface area contributed by atoms with Crippen molar-refractivity contribution in [2.24, 2.45) is 0 Å². The van der Waals surface area contributed by atoms with Crippen LogP contribution in [-0.4, -0.2) is 30.8 Å². The number of halogens is 5. The van der Waals surface area contributed by atoms with Crippen LogP contribution in [0.1, 0.15) is 25.3 Å². The number of aromatic amines is 1. The summed E-state index contributed by atoms with van der Waals surface area (Å²) >= 11 is 0. The molecule has 1 atom stereocenters. The third kappa shape index (κ3) is 5.40. The number of aromatic nitrogens is 5. The lowest BCUT2D eigenvalue weighted by atomic mass is 10.1. The van der Waals surface area contributed by atoms with Gasteiger partial charge in [-0.25, -0.2) is 23.8 Å². The average Bonchev–Trinajstić information content (AvgIpc) is 2.89. The highest BCUT2D eigenvalue weighted by Crippen LogP contribution is 2.32. The summed E-state index contributed by atoms with van der Waals surface area (Å²) in [6, 6.07) is 7.75. The molecule has 206 valence electrons. The van der Waals surface area contributed by atoms with Gasteiger partial charge in [0.05, 0.1) is 28.4 Å². The van der Waals surface area contributed by atoms with E-state index in [0.717, 1.165) is 12.3 Å². The Bertz CT molecular complexity index is 1850. The standard InChI is InChI=1S/C27H21F5N6O2/c1-14(35-22-13-34-37-25(39)23(22)27(30,31)32)3-2-7-38-8-6-15-10-19(20(29)11-18(15)26(38)40)24-33-12-16-9-17(28)4-5-21(16)36-24/h4-6,8-14H,2-3,7H2,1H3,(H2,35,37,39). The first-order chi connectivity index (χ1) is 19.0. The number of rotatable bonds is 7. The van der Waals surface area contributed by atoms with E-state index in [9.17, 15) is 27.2 Å². The molecule has 5 rings (SSSR count). The number of H-pyrrole nitrogens is 1. The van der Waals surface area contributed by atoms with Gasteiger partial charge in [0.1, 0.15) is 17.2 Å². The lowest BCUT2D eigenvalue weighted by Gasteiger charge is -2.18. The second kappa shape index (κ2) is 10.5. The Balaban J connectivity index is 1.31. The van der Waals surface area contributed by atoms with Crippen LogP contribution in [0.25, 0.3) is 33.1 Å². The number of nitrogens with zero attached hydrogens (tertiary/aromatic N) is 4. The zero-order chi connectivity index (χ0) is 28.6. The van der Waals surface area contributed by atoms with Crippen molar-refractivity contribution in [1.29, 1.82) is 0 Å². The van der Waals surface area contributed by atoms with Gasteiger partial charge in [0.15, 0.2) is 5.82 Å². The minimum absolute atomic E-state index is 0.0863. The molecule has 0 spiro atoms. The topological polar surface area (TPSA) is 106 Å². The summed E-state index contributed by atoms with van der Waals surface area (Å²) in [5, 5.41) is 8.95. The number of fused-ring (bicyclic) bond motifs is 2. The van der Waals surface area contributed by atoms with E-state index in [2.05, 4.69) is 20.4 Å². The van der Waals surface area contributed by atoms with Gasteiger partial charge in [0, 0.05) is 30.4 Å². The number of benzene rings is 2. The predicted molar refractivity (Wildman–Crippen MR) is 139 cm³/mol. The van der Waals surface area contributed by atoms with Crippen molar-refractivity contribution >= 4 is 27.4 Å². The fraction of sp³-hybridized carbons (Fsp3) is 0.222. The van der Waals surface area contributed by atoms with Crippen LogP contribution >= 0.6 is 0 Å². The maximum Gasteiger partial charge on any atom is 0.423 e. The minimum atomic E-state index is -4.86. The lowest BCUT2D eigenvalue weighted by Crippen LogP contribution is -2.27. The summed E-state index contributed by atoms with van der Waals surface area (Å²) in [5.41, 5.74) is -3.04. The molecule has 0 saturated heterocycles. The summed E-state index contributed by atoms with van der Waals surface area (Å²) in [4.78, 5) is 33.1. The third-order valence-corrected chi connectivity index (χ3v) is 6.42. The van der Waals surface area contributed by atoms with Crippen molar-refractivity contribution in [2.45, 2.75) is 38.5 Å². The fourth-order valence-corrected chi connectivity index (χ4v) is 4.48. The van der Waals surface area contributed by atoms with Crippen LogP contribution in [0.3, 0.4) is 0 Å². The molecule has 0 aliphatic rings. The van der Waals surface area contributed by atoms with Crippen molar-refractivity contribution in [3.63, 3.8) is 0 Å². The van der Waals surface area contributed by atoms with Gasteiger partial charge < -0.3 is 9.88 Å². The maximum atomic E-state index is 15.1. The van der Waals surface area contributed by atoms with Gasteiger partial charge in [0.2, 0.25) is 0 Å². The molecule has 40 heavy (non-hydrogen) atoms. The van der Waals surface area contributed by atoms with Crippen LogP contribution in [0.2, 0.25) is 0 Å². The first-order valence-electron chi connectivity index (χ1n) is 12.2. The van der Waals surface area contributed by atoms with E-state index in [0.29, 0.717) is 29.1 Å². The first-order valence-corrected chi connectivity index (χ1v) is 12.2. The highest BCUT2D eigenvalue weighted by Gasteiger charge is 2.37. The van der Waals surface area contributed by atoms with Crippen LogP contribution in [-0.2, 0) is 12.7 Å². The zero-order valence-electron chi connectivity index (χ0n) is 20.9. The minimum Gasteiger partial charge on any atom is -0.381 e. The monoisotopic (exact) mass is 556 g/mol. The van der Waals surface area contributed by atoms with E-state index in [1.807, 2.05) is 0 Å². The molecule has 0 amide bonds.